The Morgan fingerprint density at radius 2 is 0.698 bits per heavy atom. The molecule has 3 N–H and O–H groups in total. The number of aliphatic hydroxyl groups is 2. The third kappa shape index (κ3) is 50.2. The molecule has 362 valence electrons. The van der Waals surface area contributed by atoms with Gasteiger partial charge in [0.15, 0.2) is 0 Å². The van der Waals surface area contributed by atoms with Crippen LogP contribution in [0.5, 0.6) is 0 Å². The summed E-state index contributed by atoms with van der Waals surface area (Å²) in [5, 5.41) is 23.3. The van der Waals surface area contributed by atoms with Gasteiger partial charge in [-0.15, -0.1) is 0 Å². The average Bonchev–Trinajstić information content (AvgIpc) is 3.29. The minimum atomic E-state index is -0.667. The lowest BCUT2D eigenvalue weighted by molar-refractivity contribution is -0.123. The van der Waals surface area contributed by atoms with Crippen molar-refractivity contribution in [2.24, 2.45) is 0 Å². The number of aliphatic hydroxyl groups excluding tert-OH is 2. The molecule has 0 aromatic heterocycles. The fourth-order valence-corrected chi connectivity index (χ4v) is 7.79. The Kier molecular flexibility index (Phi) is 51.4. The summed E-state index contributed by atoms with van der Waals surface area (Å²) in [5.41, 5.74) is 0. The Balaban J connectivity index is 3.56. The Morgan fingerprint density at radius 1 is 0.397 bits per heavy atom. The molecule has 4 heteroatoms. The van der Waals surface area contributed by atoms with Gasteiger partial charge in [-0.25, -0.2) is 0 Å². The summed E-state index contributed by atoms with van der Waals surface area (Å²) in [6.07, 6.45) is 79.4. The number of nitrogens with one attached hydrogen (secondary N) is 1. The van der Waals surface area contributed by atoms with Gasteiger partial charge < -0.3 is 15.5 Å². The first-order valence-corrected chi connectivity index (χ1v) is 26.9. The number of hydrogen-bond acceptors (Lipinski definition) is 3. The van der Waals surface area contributed by atoms with Gasteiger partial charge in [-0.2, -0.15) is 0 Å². The molecular weight excluding hydrogens is 771 g/mol. The van der Waals surface area contributed by atoms with E-state index in [1.165, 1.54) is 148 Å². The molecule has 0 radical (unpaired) electrons. The van der Waals surface area contributed by atoms with Crippen molar-refractivity contribution in [2.75, 3.05) is 6.61 Å². The van der Waals surface area contributed by atoms with Crippen LogP contribution in [-0.4, -0.2) is 34.9 Å². The maximum Gasteiger partial charge on any atom is 0.220 e. The van der Waals surface area contributed by atoms with Gasteiger partial charge in [-0.05, 0) is 77.0 Å². The molecule has 0 saturated carbocycles. The third-order valence-corrected chi connectivity index (χ3v) is 11.9. The van der Waals surface area contributed by atoms with Crippen LogP contribution in [-0.2, 0) is 4.79 Å². The third-order valence-electron chi connectivity index (χ3n) is 11.9. The van der Waals surface area contributed by atoms with E-state index in [1.807, 2.05) is 0 Å². The zero-order valence-corrected chi connectivity index (χ0v) is 41.6. The normalized spacial score (nSPS) is 13.7. The molecule has 0 aliphatic heterocycles. The SMILES string of the molecule is CC/C=C\C/C=C\C/C=C\C/C=C\C/C=C\C/C=C\C/C=C\C/C=C\CCCCCCCCCCCCC(=O)NC(CO)C(O)CCCCCCCCCCCCCCCCCC. The maximum absolute atomic E-state index is 12.5. The predicted molar refractivity (Wildman–Crippen MR) is 280 cm³/mol. The summed E-state index contributed by atoms with van der Waals surface area (Å²) in [7, 11) is 0. The number of carbonyl (C=O) groups is 1. The van der Waals surface area contributed by atoms with E-state index in [0.29, 0.717) is 12.8 Å². The van der Waals surface area contributed by atoms with Crippen molar-refractivity contribution < 1.29 is 15.0 Å². The monoisotopic (exact) mass is 874 g/mol. The lowest BCUT2D eigenvalue weighted by atomic mass is 10.0. The summed E-state index contributed by atoms with van der Waals surface area (Å²) in [6, 6.07) is -0.544. The predicted octanol–water partition coefficient (Wildman–Crippen LogP) is 17.7. The fourth-order valence-electron chi connectivity index (χ4n) is 7.79. The number of allylic oxidation sites excluding steroid dienone is 16. The van der Waals surface area contributed by atoms with Crippen LogP contribution in [0, 0.1) is 0 Å². The van der Waals surface area contributed by atoms with Crippen LogP contribution in [0.1, 0.15) is 251 Å². The van der Waals surface area contributed by atoms with Crippen molar-refractivity contribution in [3.05, 3.63) is 97.2 Å². The van der Waals surface area contributed by atoms with Crippen LogP contribution in [0.3, 0.4) is 0 Å². The first-order chi connectivity index (χ1) is 31.2. The van der Waals surface area contributed by atoms with Gasteiger partial charge in [0.25, 0.3) is 0 Å². The summed E-state index contributed by atoms with van der Waals surface area (Å²) in [4.78, 5) is 12.5. The number of carbonyl (C=O) groups excluding carboxylic acids is 1. The van der Waals surface area contributed by atoms with Gasteiger partial charge in [0, 0.05) is 6.42 Å². The highest BCUT2D eigenvalue weighted by atomic mass is 16.3. The molecule has 0 fully saturated rings. The van der Waals surface area contributed by atoms with E-state index in [4.69, 9.17) is 0 Å². The molecule has 4 nitrogen and oxygen atoms in total. The van der Waals surface area contributed by atoms with Gasteiger partial charge in [-0.1, -0.05) is 265 Å². The largest absolute Gasteiger partial charge is 0.394 e. The molecule has 63 heavy (non-hydrogen) atoms. The van der Waals surface area contributed by atoms with Crippen LogP contribution in [0.15, 0.2) is 97.2 Å². The molecule has 0 aliphatic carbocycles. The molecule has 0 aromatic carbocycles. The minimum Gasteiger partial charge on any atom is -0.394 e. The van der Waals surface area contributed by atoms with Crippen LogP contribution in [0.25, 0.3) is 0 Å². The van der Waals surface area contributed by atoms with Gasteiger partial charge in [0.2, 0.25) is 5.91 Å². The van der Waals surface area contributed by atoms with Crippen LogP contribution >= 0.6 is 0 Å². The van der Waals surface area contributed by atoms with Gasteiger partial charge in [-0.3, -0.25) is 4.79 Å². The second-order valence-electron chi connectivity index (χ2n) is 17.9. The number of unbranched alkanes of at least 4 members (excludes halogenated alkanes) is 25. The van der Waals surface area contributed by atoms with Crippen molar-refractivity contribution >= 4 is 5.91 Å². The molecule has 0 rings (SSSR count). The molecule has 2 atom stereocenters. The second-order valence-corrected chi connectivity index (χ2v) is 17.9. The quantitative estimate of drug-likeness (QED) is 0.0421. The van der Waals surface area contributed by atoms with Crippen molar-refractivity contribution in [2.45, 2.75) is 264 Å². The molecule has 0 saturated heterocycles. The van der Waals surface area contributed by atoms with E-state index in [9.17, 15) is 15.0 Å². The number of amides is 1. The van der Waals surface area contributed by atoms with Crippen LogP contribution < -0.4 is 5.32 Å². The lowest BCUT2D eigenvalue weighted by Crippen LogP contribution is -2.45. The summed E-state index contributed by atoms with van der Waals surface area (Å²) >= 11 is 0. The average molecular weight is 874 g/mol. The molecule has 1 amide bonds. The first kappa shape index (κ1) is 60.3. The summed E-state index contributed by atoms with van der Waals surface area (Å²) < 4.78 is 0. The Morgan fingerprint density at radius 3 is 1.05 bits per heavy atom. The molecule has 0 spiro atoms. The fraction of sp³-hybridized carbons (Fsp3) is 0.712. The standard InChI is InChI=1S/C59H103NO3/c1-3-5-7-9-11-13-15-17-19-21-22-23-24-25-26-27-28-29-30-31-32-33-34-35-36-37-38-39-41-43-45-47-49-51-53-55-59(63)60-57(56-61)58(62)54-52-50-48-46-44-42-40-20-18-16-14-12-10-8-6-4-2/h5,7,11,13,17,19,22-23,25-26,28-29,31-32,34-35,57-58,61-62H,3-4,6,8-10,12,14-16,18,20-21,24,27,30,33,36-56H2,1-2H3,(H,60,63)/b7-5-,13-11-,19-17-,23-22-,26-25-,29-28-,32-31-,35-34-. The smallest absolute Gasteiger partial charge is 0.220 e. The molecule has 0 aliphatic rings. The highest BCUT2D eigenvalue weighted by Crippen LogP contribution is 2.16. The Labute approximate surface area is 392 Å². The molecule has 0 bridgehead atoms. The molecule has 2 unspecified atom stereocenters. The zero-order valence-electron chi connectivity index (χ0n) is 41.6. The van der Waals surface area contributed by atoms with Crippen molar-refractivity contribution in [3.8, 4) is 0 Å². The Hall–Kier alpha value is -2.69. The summed E-state index contributed by atoms with van der Waals surface area (Å²) in [5.74, 6) is -0.0387. The van der Waals surface area contributed by atoms with E-state index < -0.39 is 12.1 Å². The molecular formula is C59H103NO3. The Bertz CT molecular complexity index is 1170. The zero-order chi connectivity index (χ0) is 45.6. The van der Waals surface area contributed by atoms with Gasteiger partial charge in [0.1, 0.15) is 0 Å². The number of rotatable bonds is 48. The van der Waals surface area contributed by atoms with E-state index in [-0.39, 0.29) is 12.5 Å². The van der Waals surface area contributed by atoms with E-state index >= 15 is 0 Å². The van der Waals surface area contributed by atoms with Gasteiger partial charge in [0.05, 0.1) is 18.8 Å². The number of hydrogen-bond donors (Lipinski definition) is 3. The minimum absolute atomic E-state index is 0.0387. The van der Waals surface area contributed by atoms with Crippen molar-refractivity contribution in [1.82, 2.24) is 5.32 Å². The van der Waals surface area contributed by atoms with Crippen molar-refractivity contribution in [3.63, 3.8) is 0 Å². The van der Waals surface area contributed by atoms with E-state index in [1.54, 1.807) is 0 Å². The first-order valence-electron chi connectivity index (χ1n) is 26.9. The maximum atomic E-state index is 12.5. The van der Waals surface area contributed by atoms with Crippen molar-refractivity contribution in [1.29, 1.82) is 0 Å². The van der Waals surface area contributed by atoms with E-state index in [0.717, 1.165) is 77.0 Å². The highest BCUT2D eigenvalue weighted by Gasteiger charge is 2.20. The lowest BCUT2D eigenvalue weighted by Gasteiger charge is -2.22. The summed E-state index contributed by atoms with van der Waals surface area (Å²) in [6.45, 7) is 4.25. The van der Waals surface area contributed by atoms with E-state index in [2.05, 4.69) is 116 Å². The highest BCUT2D eigenvalue weighted by molar-refractivity contribution is 5.76. The second kappa shape index (κ2) is 53.6. The molecule has 0 heterocycles. The van der Waals surface area contributed by atoms with Crippen LogP contribution in [0.2, 0.25) is 0 Å². The molecule has 0 aromatic rings. The van der Waals surface area contributed by atoms with Crippen LogP contribution in [0.4, 0.5) is 0 Å². The van der Waals surface area contributed by atoms with Gasteiger partial charge >= 0.3 is 0 Å². The topological polar surface area (TPSA) is 69.6 Å².